The number of hydrogen-bond donors (Lipinski definition) is 14. The number of ether oxygens (including phenoxy) is 2. The third-order valence-corrected chi connectivity index (χ3v) is 16.7. The molecule has 4 aliphatic heterocycles. The van der Waals surface area contributed by atoms with Crippen molar-refractivity contribution in [1.29, 1.82) is 0 Å². The van der Waals surface area contributed by atoms with Gasteiger partial charge >= 0.3 is 0 Å². The molecule has 484 valence electrons. The van der Waals surface area contributed by atoms with Crippen LogP contribution in [0.4, 0.5) is 11.4 Å². The first-order valence-electron chi connectivity index (χ1n) is 30.3. The SMILES string of the molecule is COCCCCCCCCOc1ccc(N2CCN(c3ccc(C(=O)N[C@H]4C[C@H](O)CNC(=O)[C@@H]5[C@@H](O)[C@H](C)CN5C(=O)[C@H]([C@H](O)CCN)NC(=O)[C@H]([C@H](O)Cc5ccc(O)c(O)c5)NC(=O)[C@@H]5C[C@H](O)CN5C(=O)[C@H]([C@H](C)O)NC4=O)cc3)CC2)cc1. The molecule has 4 fully saturated rings. The zero-order valence-corrected chi connectivity index (χ0v) is 50.1. The average molecular weight is 1230 g/mol. The molecule has 15 N–H and O–H groups in total. The fourth-order valence-electron chi connectivity index (χ4n) is 11.6. The summed E-state index contributed by atoms with van der Waals surface area (Å²) in [5.74, 6) is -8.55. The van der Waals surface area contributed by atoms with Crippen molar-refractivity contribution in [2.45, 2.75) is 151 Å². The Balaban J connectivity index is 1.09. The normalized spacial score (nSPS) is 26.4. The van der Waals surface area contributed by atoms with Crippen LogP contribution < -0.4 is 46.9 Å². The van der Waals surface area contributed by atoms with Crippen LogP contribution in [0.2, 0.25) is 0 Å². The summed E-state index contributed by atoms with van der Waals surface area (Å²) in [6.45, 7) is 5.23. The number of β-amino-alcohol motifs (C(OH)–C–C–N with tert-alkyl or cyclic N) is 1. The van der Waals surface area contributed by atoms with E-state index < -0.39 is 164 Å². The number of amides is 7. The molecule has 0 unspecified atom stereocenters. The van der Waals surface area contributed by atoms with Gasteiger partial charge in [-0.1, -0.05) is 38.7 Å². The summed E-state index contributed by atoms with van der Waals surface area (Å²) in [4.78, 5) is 107. The van der Waals surface area contributed by atoms with Crippen LogP contribution in [-0.2, 0) is 39.9 Å². The lowest BCUT2D eigenvalue weighted by Gasteiger charge is -2.37. The summed E-state index contributed by atoms with van der Waals surface area (Å²) >= 11 is 0. The van der Waals surface area contributed by atoms with Crippen molar-refractivity contribution in [3.63, 3.8) is 0 Å². The largest absolute Gasteiger partial charge is 0.504 e. The molecule has 4 saturated heterocycles. The van der Waals surface area contributed by atoms with Gasteiger partial charge in [0.25, 0.3) is 5.91 Å². The van der Waals surface area contributed by atoms with E-state index in [1.807, 2.05) is 24.3 Å². The predicted octanol–water partition coefficient (Wildman–Crippen LogP) is -1.91. The number of aromatic hydroxyl groups is 2. The number of anilines is 2. The summed E-state index contributed by atoms with van der Waals surface area (Å²) in [6.07, 6.45) is -5.13. The number of nitrogens with zero attached hydrogens (tertiary/aromatic N) is 4. The summed E-state index contributed by atoms with van der Waals surface area (Å²) in [7, 11) is 1.72. The molecule has 0 spiro atoms. The van der Waals surface area contributed by atoms with Crippen LogP contribution >= 0.6 is 0 Å². The predicted molar refractivity (Wildman–Crippen MR) is 321 cm³/mol. The summed E-state index contributed by atoms with van der Waals surface area (Å²) in [6, 6.07) is 7.26. The maximum atomic E-state index is 14.6. The van der Waals surface area contributed by atoms with E-state index in [1.165, 1.54) is 32.3 Å². The fraction of sp³-hybridized carbons (Fsp3) is 0.590. The first-order valence-corrected chi connectivity index (χ1v) is 30.3. The van der Waals surface area contributed by atoms with Crippen molar-refractivity contribution in [3.8, 4) is 17.2 Å². The topological polar surface area (TPSA) is 399 Å². The maximum Gasteiger partial charge on any atom is 0.251 e. The Labute approximate surface area is 511 Å². The number of carbonyl (C=O) groups excluding carboxylic acids is 7. The van der Waals surface area contributed by atoms with Crippen LogP contribution in [0.5, 0.6) is 17.2 Å². The number of fused-ring (bicyclic) bond motifs is 2. The first-order chi connectivity index (χ1) is 42.1. The molecule has 0 radical (unpaired) electrons. The monoisotopic (exact) mass is 1230 g/mol. The van der Waals surface area contributed by atoms with E-state index in [4.69, 9.17) is 15.2 Å². The maximum absolute atomic E-state index is 14.6. The van der Waals surface area contributed by atoms with Gasteiger partial charge in [-0.3, -0.25) is 33.6 Å². The minimum atomic E-state index is -2.05. The van der Waals surface area contributed by atoms with Gasteiger partial charge in [-0.2, -0.15) is 0 Å². The summed E-state index contributed by atoms with van der Waals surface area (Å²) < 4.78 is 11.1. The number of aliphatic hydroxyl groups excluding tert-OH is 6. The van der Waals surface area contributed by atoms with Gasteiger partial charge in [-0.15, -0.1) is 0 Å². The number of phenolic OH excluding ortho intramolecular Hbond substituents is 2. The highest BCUT2D eigenvalue weighted by Gasteiger charge is 2.50. The second kappa shape index (κ2) is 32.2. The van der Waals surface area contributed by atoms with Gasteiger partial charge in [-0.05, 0) is 99.0 Å². The van der Waals surface area contributed by atoms with Crippen LogP contribution in [0, 0.1) is 5.92 Å². The van der Waals surface area contributed by atoms with E-state index in [2.05, 4.69) is 36.4 Å². The van der Waals surface area contributed by atoms with E-state index in [1.54, 1.807) is 31.4 Å². The highest BCUT2D eigenvalue weighted by Crippen LogP contribution is 2.29. The molecular weight excluding hydrogens is 1140 g/mol. The lowest BCUT2D eigenvalue weighted by atomic mass is 9.98. The molecule has 88 heavy (non-hydrogen) atoms. The number of methoxy groups -OCH3 is 1. The zero-order chi connectivity index (χ0) is 63.8. The van der Waals surface area contributed by atoms with Crippen molar-refractivity contribution in [3.05, 3.63) is 77.9 Å². The van der Waals surface area contributed by atoms with Crippen LogP contribution in [0.15, 0.2) is 66.7 Å². The van der Waals surface area contributed by atoms with E-state index in [0.717, 1.165) is 71.8 Å². The van der Waals surface area contributed by atoms with Crippen molar-refractivity contribution in [2.75, 3.05) is 82.5 Å². The van der Waals surface area contributed by atoms with Gasteiger partial charge in [0.1, 0.15) is 42.0 Å². The molecule has 0 aliphatic carbocycles. The number of phenols is 2. The zero-order valence-electron chi connectivity index (χ0n) is 50.1. The number of nitrogens with one attached hydrogen (secondary N) is 5. The minimum Gasteiger partial charge on any atom is -0.504 e. The highest BCUT2D eigenvalue weighted by molar-refractivity contribution is 6.00. The summed E-state index contributed by atoms with van der Waals surface area (Å²) in [5, 5.41) is 101. The number of nitrogens with two attached hydrogens (primary N) is 1. The molecule has 0 saturated carbocycles. The molecule has 4 heterocycles. The smallest absolute Gasteiger partial charge is 0.251 e. The van der Waals surface area contributed by atoms with E-state index in [-0.39, 0.29) is 30.6 Å². The standard InChI is InChI=1S/C61H88N10O17/c1-35-33-71-53(54(35)79)59(84)63-32-41(73)30-44(64-55(80)38-11-13-39(14-12-38)68-22-24-69(25-23-68)40-15-17-43(18-16-40)88-27-9-7-5-4-6-8-26-87-3)56(81)65-50(36(2)72)60(85)70-34-42(74)31-45(70)57(82)66-51(49(78)29-37-10-19-46(75)48(77)28-37)58(83)67-52(61(71)86)47(76)20-21-62/h10-19,28,35-36,41-42,44-45,47,49-54,72-79H,4-9,20-27,29-34,62H2,1-3H3,(H,63,84)(H,64,80)(H,65,81)(H,66,82)(H,67,83)/t35-,36+,41+,42+,44+,45+,47-,49-,50+,51+,52+,53+,54+/m1/s1. The van der Waals surface area contributed by atoms with Gasteiger partial charge in [0.05, 0.1) is 43.2 Å². The number of carbonyl (C=O) groups is 7. The molecule has 7 amide bonds. The van der Waals surface area contributed by atoms with E-state index in [9.17, 15) is 74.4 Å². The number of unbranched alkanes of at least 4 members (excludes halogenated alkanes) is 5. The second-order valence-electron chi connectivity index (χ2n) is 23.4. The molecule has 4 aliphatic rings. The third-order valence-electron chi connectivity index (χ3n) is 16.7. The quantitative estimate of drug-likeness (QED) is 0.0409. The van der Waals surface area contributed by atoms with Gasteiger partial charge in [-0.25, -0.2) is 0 Å². The van der Waals surface area contributed by atoms with Gasteiger partial charge in [0.2, 0.25) is 35.4 Å². The Morgan fingerprint density at radius 3 is 1.88 bits per heavy atom. The Hall–Kier alpha value is -7.37. The van der Waals surface area contributed by atoms with Gasteiger partial charge < -0.3 is 102 Å². The Bertz CT molecular complexity index is 2830. The number of aliphatic hydroxyl groups is 6. The molecule has 27 heteroatoms. The number of rotatable bonds is 21. The Morgan fingerprint density at radius 1 is 0.670 bits per heavy atom. The van der Waals surface area contributed by atoms with Crippen LogP contribution in [0.3, 0.4) is 0 Å². The Morgan fingerprint density at radius 2 is 1.26 bits per heavy atom. The molecule has 0 aromatic heterocycles. The first kappa shape index (κ1) is 68.1. The molecule has 13 atom stereocenters. The number of hydrogen-bond acceptors (Lipinski definition) is 20. The van der Waals surface area contributed by atoms with Gasteiger partial charge in [0.15, 0.2) is 11.5 Å². The number of piperazine rings is 1. The van der Waals surface area contributed by atoms with Crippen molar-refractivity contribution < 1.29 is 83.9 Å². The van der Waals surface area contributed by atoms with Crippen molar-refractivity contribution in [2.24, 2.45) is 11.7 Å². The minimum absolute atomic E-state index is 0.102. The van der Waals surface area contributed by atoms with E-state index in [0.29, 0.717) is 32.8 Å². The van der Waals surface area contributed by atoms with Crippen LogP contribution in [0.25, 0.3) is 0 Å². The summed E-state index contributed by atoms with van der Waals surface area (Å²) in [5.41, 5.74) is 7.90. The Kier molecular flexibility index (Phi) is 24.9. The molecule has 7 rings (SSSR count). The molecule has 0 bridgehead atoms. The lowest BCUT2D eigenvalue weighted by Crippen LogP contribution is -2.64. The second-order valence-corrected chi connectivity index (χ2v) is 23.4. The third kappa shape index (κ3) is 17.9. The average Bonchev–Trinajstić information content (AvgIpc) is 4.04. The lowest BCUT2D eigenvalue weighted by molar-refractivity contribution is -0.147. The fourth-order valence-corrected chi connectivity index (χ4v) is 11.6. The van der Waals surface area contributed by atoms with Crippen molar-refractivity contribution in [1.82, 2.24) is 36.4 Å². The van der Waals surface area contributed by atoms with Crippen LogP contribution in [0.1, 0.15) is 87.6 Å². The molecule has 3 aromatic carbocycles. The highest BCUT2D eigenvalue weighted by atomic mass is 16.5. The van der Waals surface area contributed by atoms with Crippen molar-refractivity contribution >= 4 is 52.7 Å². The molecule has 27 nitrogen and oxygen atoms in total. The molecular formula is C61H88N10O17. The van der Waals surface area contributed by atoms with Gasteiger partial charge in [0, 0.05) is 102 Å². The van der Waals surface area contributed by atoms with E-state index >= 15 is 0 Å². The molecule has 3 aromatic rings. The number of benzene rings is 3. The van der Waals surface area contributed by atoms with Crippen LogP contribution in [-0.4, -0.2) is 238 Å².